The number of ether oxygens (including phenoxy) is 1. The number of hydrogen-bond acceptors (Lipinski definition) is 6. The summed E-state index contributed by atoms with van der Waals surface area (Å²) in [5.41, 5.74) is -0.966. The fourth-order valence-electron chi connectivity index (χ4n) is 8.75. The molecule has 0 aromatic heterocycles. The number of fused-ring (bicyclic) bond motifs is 4. The number of carbonyl (C=O) groups excluding carboxylic acids is 3. The Morgan fingerprint density at radius 1 is 1.14 bits per heavy atom. The highest BCUT2D eigenvalue weighted by Gasteiger charge is 2.60. The number of imide groups is 1. The molecule has 7 heteroatoms. The van der Waals surface area contributed by atoms with Gasteiger partial charge in [0, 0.05) is 30.8 Å². The monoisotopic (exact) mass is 488 g/mol. The lowest BCUT2D eigenvalue weighted by Gasteiger charge is -2.55. The van der Waals surface area contributed by atoms with Crippen molar-refractivity contribution in [2.24, 2.45) is 45.8 Å². The maximum absolute atomic E-state index is 13.1. The number of Topliss-reactive ketones (excluding diaryl/α,β-unsaturated/α-hetero) is 1. The number of rotatable bonds is 2. The molecule has 2 amide bonds. The lowest BCUT2D eigenvalue weighted by Crippen LogP contribution is -2.56. The van der Waals surface area contributed by atoms with E-state index in [0.717, 1.165) is 51.7 Å². The summed E-state index contributed by atoms with van der Waals surface area (Å²) in [4.78, 5) is 41.2. The molecule has 1 spiro atoms. The fraction of sp³-hybridized carbons (Fsp3) is 0.893. The first-order valence-corrected chi connectivity index (χ1v) is 13.8. The Labute approximate surface area is 209 Å². The molecule has 2 N–H and O–H groups in total. The van der Waals surface area contributed by atoms with E-state index in [-0.39, 0.29) is 40.4 Å². The molecular weight excluding hydrogens is 444 g/mol. The molecule has 196 valence electrons. The predicted octanol–water partition coefficient (Wildman–Crippen LogP) is 3.78. The molecule has 35 heavy (non-hydrogen) atoms. The van der Waals surface area contributed by atoms with Crippen LogP contribution in [0.25, 0.3) is 0 Å². The van der Waals surface area contributed by atoms with Crippen LogP contribution in [0.2, 0.25) is 0 Å². The Morgan fingerprint density at radius 3 is 2.54 bits per heavy atom. The molecule has 2 heterocycles. The molecule has 5 fully saturated rings. The number of nitrogens with zero attached hydrogens (tertiary/aromatic N) is 1. The summed E-state index contributed by atoms with van der Waals surface area (Å²) in [7, 11) is 0. The minimum Gasteiger partial charge on any atom is -0.445 e. The van der Waals surface area contributed by atoms with Crippen molar-refractivity contribution in [1.29, 1.82) is 0 Å². The number of nitrogens with one attached hydrogen (secondary N) is 1. The molecule has 0 aromatic carbocycles. The van der Waals surface area contributed by atoms with Crippen LogP contribution in [-0.4, -0.2) is 59.6 Å². The van der Waals surface area contributed by atoms with Crippen molar-refractivity contribution in [2.75, 3.05) is 19.6 Å². The van der Waals surface area contributed by atoms with Crippen LogP contribution in [0.4, 0.5) is 4.79 Å². The first-order chi connectivity index (χ1) is 16.3. The molecule has 5 rings (SSSR count). The van der Waals surface area contributed by atoms with Gasteiger partial charge in [-0.15, -0.1) is 0 Å². The predicted molar refractivity (Wildman–Crippen MR) is 131 cm³/mol. The van der Waals surface area contributed by atoms with Gasteiger partial charge in [-0.2, -0.15) is 0 Å². The number of ketones is 1. The second-order valence-corrected chi connectivity index (χ2v) is 13.8. The van der Waals surface area contributed by atoms with Crippen molar-refractivity contribution in [3.05, 3.63) is 0 Å². The standard InChI is InChI=1S/C28H44N2O5/c1-16-10-19-11-28(8-6-21(19)31)15-27(16,5)22(12-26(3,4)23(32)17(28)2)35-25(34)29-24(33)20-14-30-9-7-18(20)13-30/h16-20,22-23,32H,6-15H2,1-5H3,(H,29,33,34)/t16-,17+,18-,19?,20+,22-,23+,27+,28?/m1/s1. The normalized spacial score (nSPS) is 48.5. The van der Waals surface area contributed by atoms with E-state index in [0.29, 0.717) is 24.5 Å². The Kier molecular flexibility index (Phi) is 6.15. The Morgan fingerprint density at radius 2 is 1.89 bits per heavy atom. The van der Waals surface area contributed by atoms with Crippen molar-refractivity contribution in [3.8, 4) is 0 Å². The smallest absolute Gasteiger partial charge is 0.414 e. The first kappa shape index (κ1) is 25.2. The third-order valence-corrected chi connectivity index (χ3v) is 11.3. The summed E-state index contributed by atoms with van der Waals surface area (Å²) in [5.74, 6) is 0.561. The van der Waals surface area contributed by atoms with Crippen LogP contribution in [-0.2, 0) is 14.3 Å². The number of amides is 2. The van der Waals surface area contributed by atoms with Gasteiger partial charge in [-0.1, -0.05) is 34.6 Å². The summed E-state index contributed by atoms with van der Waals surface area (Å²) < 4.78 is 6.16. The fourth-order valence-corrected chi connectivity index (χ4v) is 8.75. The van der Waals surface area contributed by atoms with Gasteiger partial charge in [-0.05, 0) is 73.7 Å². The van der Waals surface area contributed by atoms with Gasteiger partial charge in [0.15, 0.2) is 0 Å². The second-order valence-electron chi connectivity index (χ2n) is 13.8. The third-order valence-electron chi connectivity index (χ3n) is 11.3. The molecule has 0 aromatic rings. The number of piperidine rings is 1. The van der Waals surface area contributed by atoms with Gasteiger partial charge in [-0.25, -0.2) is 4.79 Å². The topological polar surface area (TPSA) is 95.9 Å². The van der Waals surface area contributed by atoms with Crippen LogP contribution in [0.1, 0.15) is 79.6 Å². The first-order valence-electron chi connectivity index (χ1n) is 13.8. The average molecular weight is 489 g/mol. The highest BCUT2D eigenvalue weighted by molar-refractivity contribution is 5.93. The number of carbonyl (C=O) groups is 3. The van der Waals surface area contributed by atoms with Gasteiger partial charge in [0.1, 0.15) is 11.9 Å². The van der Waals surface area contributed by atoms with Crippen LogP contribution < -0.4 is 5.32 Å². The van der Waals surface area contributed by atoms with Gasteiger partial charge in [0.25, 0.3) is 0 Å². The van der Waals surface area contributed by atoms with Crippen LogP contribution in [0.5, 0.6) is 0 Å². The van der Waals surface area contributed by atoms with E-state index in [1.54, 1.807) is 0 Å². The molecule has 5 aliphatic rings. The quantitative estimate of drug-likeness (QED) is 0.614. The summed E-state index contributed by atoms with van der Waals surface area (Å²) in [6.07, 6.45) is 3.66. The van der Waals surface area contributed by atoms with Crippen molar-refractivity contribution in [1.82, 2.24) is 10.2 Å². The largest absolute Gasteiger partial charge is 0.445 e. The molecule has 7 nitrogen and oxygen atoms in total. The van der Waals surface area contributed by atoms with Gasteiger partial charge < -0.3 is 14.7 Å². The molecule has 2 aliphatic heterocycles. The van der Waals surface area contributed by atoms with E-state index in [1.165, 1.54) is 0 Å². The highest BCUT2D eigenvalue weighted by Crippen LogP contribution is 2.62. The maximum Gasteiger partial charge on any atom is 0.414 e. The zero-order chi connectivity index (χ0) is 25.3. The lowest BCUT2D eigenvalue weighted by atomic mass is 9.51. The van der Waals surface area contributed by atoms with E-state index in [4.69, 9.17) is 4.74 Å². The van der Waals surface area contributed by atoms with Gasteiger partial charge in [0.05, 0.1) is 12.0 Å². The Hall–Kier alpha value is -1.47. The van der Waals surface area contributed by atoms with Crippen LogP contribution in [0.3, 0.4) is 0 Å². The lowest BCUT2D eigenvalue weighted by molar-refractivity contribution is -0.149. The van der Waals surface area contributed by atoms with Gasteiger partial charge in [0.2, 0.25) is 5.91 Å². The average Bonchev–Trinajstić information content (AvgIpc) is 3.40. The van der Waals surface area contributed by atoms with Crippen LogP contribution in [0, 0.1) is 45.8 Å². The van der Waals surface area contributed by atoms with Crippen molar-refractivity contribution >= 4 is 17.8 Å². The molecule has 3 aliphatic carbocycles. The maximum atomic E-state index is 13.1. The zero-order valence-corrected chi connectivity index (χ0v) is 22.1. The van der Waals surface area contributed by atoms with Gasteiger partial charge in [-0.3, -0.25) is 14.9 Å². The van der Waals surface area contributed by atoms with Crippen molar-refractivity contribution < 1.29 is 24.2 Å². The number of aliphatic hydroxyl groups excluding tert-OH is 1. The molecular formula is C28H44N2O5. The van der Waals surface area contributed by atoms with Gasteiger partial charge >= 0.3 is 6.09 Å². The number of hydrogen-bond donors (Lipinski definition) is 2. The third kappa shape index (κ3) is 4.14. The molecule has 5 bridgehead atoms. The Bertz CT molecular complexity index is 904. The van der Waals surface area contributed by atoms with Crippen LogP contribution in [0.15, 0.2) is 0 Å². The van der Waals surface area contributed by atoms with E-state index in [2.05, 4.69) is 44.8 Å². The zero-order valence-electron chi connectivity index (χ0n) is 22.1. The molecule has 3 unspecified atom stereocenters. The van der Waals surface area contributed by atoms with E-state index < -0.39 is 23.7 Å². The number of aliphatic hydroxyl groups is 1. The van der Waals surface area contributed by atoms with E-state index in [9.17, 15) is 19.5 Å². The van der Waals surface area contributed by atoms with Crippen molar-refractivity contribution in [3.63, 3.8) is 0 Å². The summed E-state index contributed by atoms with van der Waals surface area (Å²) in [6, 6.07) is 0. The summed E-state index contributed by atoms with van der Waals surface area (Å²) in [5, 5.41) is 14.1. The minimum atomic E-state index is -0.664. The SMILES string of the molecule is C[C@@H]1CC2CC3(CCC2=O)C[C@]1(C)[C@H](OC(=O)NC(=O)[C@H]1CN2CC[C@@H]1C2)CC(C)(C)[C@@H](O)[C@@H]3C. The highest BCUT2D eigenvalue weighted by atomic mass is 16.6. The number of alkyl carbamates (subject to hydrolysis) is 1. The van der Waals surface area contributed by atoms with E-state index in [1.807, 2.05) is 0 Å². The molecule has 0 radical (unpaired) electrons. The summed E-state index contributed by atoms with van der Waals surface area (Å²) >= 11 is 0. The molecule has 2 saturated heterocycles. The second kappa shape index (κ2) is 8.54. The molecule has 10 atom stereocenters. The minimum absolute atomic E-state index is 0.0141. The molecule has 3 saturated carbocycles. The van der Waals surface area contributed by atoms with Crippen LogP contribution >= 0.6 is 0 Å². The van der Waals surface area contributed by atoms with Crippen molar-refractivity contribution in [2.45, 2.75) is 91.8 Å². The summed E-state index contributed by atoms with van der Waals surface area (Å²) in [6.45, 7) is 13.4. The Balaban J connectivity index is 1.41. The van der Waals surface area contributed by atoms with E-state index >= 15 is 0 Å².